The Morgan fingerprint density at radius 2 is 2.00 bits per heavy atom. The van der Waals surface area contributed by atoms with Gasteiger partial charge in [0.1, 0.15) is 0 Å². The molecule has 3 N–H and O–H groups in total. The van der Waals surface area contributed by atoms with E-state index in [1.165, 1.54) is 0 Å². The first-order chi connectivity index (χ1) is 9.04. The Morgan fingerprint density at radius 1 is 1.21 bits per heavy atom. The molecule has 2 rings (SSSR count). The highest BCUT2D eigenvalue weighted by atomic mass is 15.1. The van der Waals surface area contributed by atoms with Gasteiger partial charge in [-0.3, -0.25) is 0 Å². The van der Waals surface area contributed by atoms with Crippen molar-refractivity contribution in [2.45, 2.75) is 33.2 Å². The number of anilines is 2. The molecule has 4 heteroatoms. The third-order valence-corrected chi connectivity index (χ3v) is 2.87. The van der Waals surface area contributed by atoms with Gasteiger partial charge < -0.3 is 11.1 Å². The highest BCUT2D eigenvalue weighted by Gasteiger charge is 2.05. The van der Waals surface area contributed by atoms with Gasteiger partial charge in [-0.1, -0.05) is 26.0 Å². The van der Waals surface area contributed by atoms with Gasteiger partial charge >= 0.3 is 0 Å². The SMILES string of the molecule is Cc1cc(C(C)C)nc(NCc2cccc(N)c2)n1. The summed E-state index contributed by atoms with van der Waals surface area (Å²) in [5.74, 6) is 1.07. The monoisotopic (exact) mass is 256 g/mol. The van der Waals surface area contributed by atoms with Crippen LogP contribution in [-0.2, 0) is 6.54 Å². The zero-order valence-corrected chi connectivity index (χ0v) is 11.6. The summed E-state index contributed by atoms with van der Waals surface area (Å²) >= 11 is 0. The number of aryl methyl sites for hydroxylation is 1. The maximum atomic E-state index is 5.76. The molecule has 0 bridgehead atoms. The van der Waals surface area contributed by atoms with Gasteiger partial charge in [-0.15, -0.1) is 0 Å². The van der Waals surface area contributed by atoms with Crippen LogP contribution in [0.3, 0.4) is 0 Å². The van der Waals surface area contributed by atoms with Gasteiger partial charge in [0.2, 0.25) is 5.95 Å². The number of benzene rings is 1. The number of nitrogens with zero attached hydrogens (tertiary/aromatic N) is 2. The first kappa shape index (κ1) is 13.3. The molecule has 1 aromatic carbocycles. The minimum Gasteiger partial charge on any atom is -0.399 e. The van der Waals surface area contributed by atoms with E-state index in [9.17, 15) is 0 Å². The van der Waals surface area contributed by atoms with Crippen LogP contribution in [0.4, 0.5) is 11.6 Å². The second kappa shape index (κ2) is 5.69. The largest absolute Gasteiger partial charge is 0.399 e. The van der Waals surface area contributed by atoms with Gasteiger partial charge in [-0.2, -0.15) is 0 Å². The molecule has 100 valence electrons. The quantitative estimate of drug-likeness (QED) is 0.825. The van der Waals surface area contributed by atoms with Crippen LogP contribution >= 0.6 is 0 Å². The first-order valence-corrected chi connectivity index (χ1v) is 6.48. The van der Waals surface area contributed by atoms with E-state index in [0.29, 0.717) is 18.4 Å². The number of nitrogen functional groups attached to an aromatic ring is 1. The number of hydrogen-bond donors (Lipinski definition) is 2. The van der Waals surface area contributed by atoms with Crippen LogP contribution in [0.1, 0.15) is 36.7 Å². The number of rotatable bonds is 4. The molecule has 19 heavy (non-hydrogen) atoms. The molecule has 4 nitrogen and oxygen atoms in total. The number of aromatic nitrogens is 2. The first-order valence-electron chi connectivity index (χ1n) is 6.48. The van der Waals surface area contributed by atoms with Crippen molar-refractivity contribution in [3.63, 3.8) is 0 Å². The van der Waals surface area contributed by atoms with E-state index in [1.807, 2.05) is 37.3 Å². The van der Waals surface area contributed by atoms with Crippen LogP contribution in [0.2, 0.25) is 0 Å². The van der Waals surface area contributed by atoms with Crippen LogP contribution < -0.4 is 11.1 Å². The molecule has 0 aliphatic rings. The topological polar surface area (TPSA) is 63.8 Å². The Hall–Kier alpha value is -2.10. The molecule has 0 saturated heterocycles. The zero-order chi connectivity index (χ0) is 13.8. The van der Waals surface area contributed by atoms with E-state index < -0.39 is 0 Å². The molecule has 0 fully saturated rings. The van der Waals surface area contributed by atoms with Crippen molar-refractivity contribution in [2.75, 3.05) is 11.1 Å². The van der Waals surface area contributed by atoms with E-state index in [-0.39, 0.29) is 0 Å². The molecule has 0 spiro atoms. The fraction of sp³-hybridized carbons (Fsp3) is 0.333. The summed E-state index contributed by atoms with van der Waals surface area (Å²) in [5.41, 5.74) is 9.69. The van der Waals surface area contributed by atoms with Crippen LogP contribution in [0.5, 0.6) is 0 Å². The van der Waals surface area contributed by atoms with E-state index in [4.69, 9.17) is 5.73 Å². The van der Waals surface area contributed by atoms with Gasteiger partial charge in [0.25, 0.3) is 0 Å². The zero-order valence-electron chi connectivity index (χ0n) is 11.6. The molecule has 1 heterocycles. The van der Waals surface area contributed by atoms with Crippen LogP contribution in [0, 0.1) is 6.92 Å². The molecular formula is C15H20N4. The third kappa shape index (κ3) is 3.68. The predicted octanol–water partition coefficient (Wildman–Crippen LogP) is 3.10. The number of nitrogens with two attached hydrogens (primary N) is 1. The summed E-state index contributed by atoms with van der Waals surface area (Å²) in [7, 11) is 0. The summed E-state index contributed by atoms with van der Waals surface area (Å²) in [6.45, 7) is 6.91. The lowest BCUT2D eigenvalue weighted by Gasteiger charge is -2.10. The predicted molar refractivity (Wildman–Crippen MR) is 79.0 cm³/mol. The lowest BCUT2D eigenvalue weighted by atomic mass is 10.1. The Bertz CT molecular complexity index is 564. The van der Waals surface area contributed by atoms with Gasteiger partial charge in [0.05, 0.1) is 0 Å². The summed E-state index contributed by atoms with van der Waals surface area (Å²) in [6.07, 6.45) is 0. The van der Waals surface area contributed by atoms with Crippen molar-refractivity contribution in [3.05, 3.63) is 47.3 Å². The molecule has 0 aliphatic carbocycles. The minimum absolute atomic E-state index is 0.398. The summed E-state index contributed by atoms with van der Waals surface area (Å²) in [4.78, 5) is 8.92. The Balaban J connectivity index is 2.11. The average Bonchev–Trinajstić information content (AvgIpc) is 2.36. The number of nitrogens with one attached hydrogen (secondary N) is 1. The summed E-state index contributed by atoms with van der Waals surface area (Å²) in [6, 6.07) is 9.83. The molecule has 0 amide bonds. The van der Waals surface area contributed by atoms with Crippen LogP contribution in [0.25, 0.3) is 0 Å². The molecule has 2 aromatic rings. The Morgan fingerprint density at radius 3 is 2.68 bits per heavy atom. The second-order valence-corrected chi connectivity index (χ2v) is 5.01. The standard InChI is InChI=1S/C15H20N4/c1-10(2)14-7-11(3)18-15(19-14)17-9-12-5-4-6-13(16)8-12/h4-8,10H,9,16H2,1-3H3,(H,17,18,19). The van der Waals surface area contributed by atoms with E-state index in [2.05, 4.69) is 29.1 Å². The fourth-order valence-corrected chi connectivity index (χ4v) is 1.85. The smallest absolute Gasteiger partial charge is 0.223 e. The fourth-order valence-electron chi connectivity index (χ4n) is 1.85. The van der Waals surface area contributed by atoms with Crippen molar-refractivity contribution in [2.24, 2.45) is 0 Å². The molecule has 0 saturated carbocycles. The van der Waals surface area contributed by atoms with Crippen molar-refractivity contribution >= 4 is 11.6 Å². The van der Waals surface area contributed by atoms with Crippen LogP contribution in [0.15, 0.2) is 30.3 Å². The van der Waals surface area contributed by atoms with Gasteiger partial charge in [-0.05, 0) is 36.6 Å². The van der Waals surface area contributed by atoms with Crippen molar-refractivity contribution < 1.29 is 0 Å². The second-order valence-electron chi connectivity index (χ2n) is 5.01. The number of hydrogen-bond acceptors (Lipinski definition) is 4. The van der Waals surface area contributed by atoms with Crippen molar-refractivity contribution in [1.29, 1.82) is 0 Å². The minimum atomic E-state index is 0.398. The third-order valence-electron chi connectivity index (χ3n) is 2.87. The Labute approximate surface area is 114 Å². The van der Waals surface area contributed by atoms with E-state index in [0.717, 1.165) is 22.6 Å². The maximum Gasteiger partial charge on any atom is 0.223 e. The molecule has 0 aliphatic heterocycles. The Kier molecular flexibility index (Phi) is 4.00. The lowest BCUT2D eigenvalue weighted by Crippen LogP contribution is -2.07. The highest BCUT2D eigenvalue weighted by molar-refractivity contribution is 5.42. The molecule has 0 radical (unpaired) electrons. The molecule has 1 aromatic heterocycles. The summed E-state index contributed by atoms with van der Waals surface area (Å²) in [5, 5.41) is 3.25. The summed E-state index contributed by atoms with van der Waals surface area (Å²) < 4.78 is 0. The van der Waals surface area contributed by atoms with Gasteiger partial charge in [0.15, 0.2) is 0 Å². The van der Waals surface area contributed by atoms with E-state index >= 15 is 0 Å². The lowest BCUT2D eigenvalue weighted by molar-refractivity contribution is 0.808. The van der Waals surface area contributed by atoms with Crippen molar-refractivity contribution in [1.82, 2.24) is 9.97 Å². The normalized spacial score (nSPS) is 10.7. The van der Waals surface area contributed by atoms with Gasteiger partial charge in [-0.25, -0.2) is 9.97 Å². The van der Waals surface area contributed by atoms with Gasteiger partial charge in [0, 0.05) is 23.6 Å². The van der Waals surface area contributed by atoms with E-state index in [1.54, 1.807) is 0 Å². The molecular weight excluding hydrogens is 236 g/mol. The maximum absolute atomic E-state index is 5.76. The molecule has 0 atom stereocenters. The van der Waals surface area contributed by atoms with Crippen molar-refractivity contribution in [3.8, 4) is 0 Å². The van der Waals surface area contributed by atoms with Crippen LogP contribution in [-0.4, -0.2) is 9.97 Å². The molecule has 0 unspecified atom stereocenters. The highest BCUT2D eigenvalue weighted by Crippen LogP contribution is 2.15. The average molecular weight is 256 g/mol.